The molecule has 1 saturated carbocycles. The van der Waals surface area contributed by atoms with Gasteiger partial charge in [-0.25, -0.2) is 0 Å². The van der Waals surface area contributed by atoms with E-state index in [2.05, 4.69) is 29.6 Å². The lowest BCUT2D eigenvalue weighted by atomic mass is 9.98. The van der Waals surface area contributed by atoms with Crippen LogP contribution in [0.5, 0.6) is 0 Å². The van der Waals surface area contributed by atoms with E-state index in [1.165, 1.54) is 18.4 Å². The van der Waals surface area contributed by atoms with Gasteiger partial charge in [0, 0.05) is 13.7 Å². The highest BCUT2D eigenvalue weighted by atomic mass is 16.5. The van der Waals surface area contributed by atoms with Gasteiger partial charge in [0.2, 0.25) is 0 Å². The van der Waals surface area contributed by atoms with E-state index < -0.39 is 0 Å². The normalized spacial score (nSPS) is 16.5. The number of benzene rings is 1. The van der Waals surface area contributed by atoms with Crippen LogP contribution in [0.4, 0.5) is 0 Å². The number of nitrogens with one attached hydrogen (secondary N) is 1. The Hall–Kier alpha value is -1.37. The fourth-order valence-corrected chi connectivity index (χ4v) is 2.07. The van der Waals surface area contributed by atoms with Crippen LogP contribution in [0.15, 0.2) is 24.3 Å². The molecule has 0 saturated heterocycles. The molecule has 1 fully saturated rings. The topological polar surface area (TPSA) is 45.0 Å². The minimum Gasteiger partial charge on any atom is -0.383 e. The van der Waals surface area contributed by atoms with Crippen LogP contribution in [-0.4, -0.2) is 20.3 Å². The maximum absolute atomic E-state index is 9.25. The van der Waals surface area contributed by atoms with Crippen LogP contribution in [0, 0.1) is 11.3 Å². The van der Waals surface area contributed by atoms with Crippen molar-refractivity contribution in [3.05, 3.63) is 35.4 Å². The molecule has 3 heteroatoms. The maximum atomic E-state index is 9.25. The Morgan fingerprint density at radius 2 is 2.24 bits per heavy atom. The Labute approximate surface area is 102 Å². The van der Waals surface area contributed by atoms with Gasteiger partial charge in [0.15, 0.2) is 0 Å². The average molecular weight is 230 g/mol. The molecule has 90 valence electrons. The summed E-state index contributed by atoms with van der Waals surface area (Å²) in [6, 6.07) is 10.4. The quantitative estimate of drug-likeness (QED) is 0.763. The Kier molecular flexibility index (Phi) is 4.13. The van der Waals surface area contributed by atoms with Gasteiger partial charge in [0.25, 0.3) is 0 Å². The molecule has 1 aromatic rings. The molecule has 17 heavy (non-hydrogen) atoms. The Morgan fingerprint density at radius 1 is 1.47 bits per heavy atom. The number of hydrogen-bond donors (Lipinski definition) is 1. The van der Waals surface area contributed by atoms with Gasteiger partial charge in [-0.1, -0.05) is 24.3 Å². The molecule has 0 heterocycles. The number of ether oxygens (including phenoxy) is 1. The molecular formula is C14H18N2O. The summed E-state index contributed by atoms with van der Waals surface area (Å²) in [6.45, 7) is 1.33. The van der Waals surface area contributed by atoms with Gasteiger partial charge in [-0.05, 0) is 29.9 Å². The van der Waals surface area contributed by atoms with Crippen LogP contribution >= 0.6 is 0 Å². The number of methoxy groups -OCH3 is 1. The fraction of sp³-hybridized carbons (Fsp3) is 0.500. The first-order valence-corrected chi connectivity index (χ1v) is 6.07. The zero-order valence-electron chi connectivity index (χ0n) is 10.1. The molecule has 0 bridgehead atoms. The van der Waals surface area contributed by atoms with Crippen molar-refractivity contribution in [3.8, 4) is 6.07 Å². The minimum absolute atomic E-state index is 0.220. The zero-order chi connectivity index (χ0) is 12.1. The highest BCUT2D eigenvalue weighted by Crippen LogP contribution is 2.42. The van der Waals surface area contributed by atoms with E-state index in [1.807, 2.05) is 6.07 Å². The summed E-state index contributed by atoms with van der Waals surface area (Å²) in [5.41, 5.74) is 2.47. The zero-order valence-corrected chi connectivity index (χ0v) is 10.1. The second-order valence-corrected chi connectivity index (χ2v) is 4.41. The molecule has 3 nitrogen and oxygen atoms in total. The largest absolute Gasteiger partial charge is 0.383 e. The molecule has 1 aliphatic carbocycles. The maximum Gasteiger partial charge on any atom is 0.121 e. The van der Waals surface area contributed by atoms with E-state index in [1.54, 1.807) is 7.11 Å². The number of nitriles is 1. The van der Waals surface area contributed by atoms with E-state index in [0.29, 0.717) is 19.1 Å². The lowest BCUT2D eigenvalue weighted by molar-refractivity contribution is 0.198. The van der Waals surface area contributed by atoms with E-state index in [0.717, 1.165) is 5.56 Å². The van der Waals surface area contributed by atoms with Crippen molar-refractivity contribution >= 4 is 0 Å². The first kappa shape index (κ1) is 12.1. The van der Waals surface area contributed by atoms with Crippen LogP contribution in [0.3, 0.4) is 0 Å². The molecular weight excluding hydrogens is 212 g/mol. The SMILES string of the molecule is COCCNC(C#N)c1ccccc1C1CC1. The monoisotopic (exact) mass is 230 g/mol. The fourth-order valence-electron chi connectivity index (χ4n) is 2.07. The first-order chi connectivity index (χ1) is 8.36. The van der Waals surface area contributed by atoms with Crippen LogP contribution in [0.1, 0.15) is 35.9 Å². The van der Waals surface area contributed by atoms with Gasteiger partial charge in [0.05, 0.1) is 12.7 Å². The third-order valence-electron chi connectivity index (χ3n) is 3.11. The van der Waals surface area contributed by atoms with E-state index in [-0.39, 0.29) is 6.04 Å². The Balaban J connectivity index is 2.10. The number of nitrogens with zero attached hydrogens (tertiary/aromatic N) is 1. The summed E-state index contributed by atoms with van der Waals surface area (Å²) in [5, 5.41) is 12.5. The highest BCUT2D eigenvalue weighted by molar-refractivity contribution is 5.37. The van der Waals surface area contributed by atoms with Crippen molar-refractivity contribution in [2.75, 3.05) is 20.3 Å². The van der Waals surface area contributed by atoms with Crippen LogP contribution in [-0.2, 0) is 4.74 Å². The molecule has 1 aromatic carbocycles. The van der Waals surface area contributed by atoms with Gasteiger partial charge >= 0.3 is 0 Å². The molecule has 1 aliphatic rings. The predicted octanol–water partition coefficient (Wildman–Crippen LogP) is 2.36. The van der Waals surface area contributed by atoms with Gasteiger partial charge < -0.3 is 4.74 Å². The average Bonchev–Trinajstić information content (AvgIpc) is 3.19. The van der Waals surface area contributed by atoms with Crippen LogP contribution in [0.2, 0.25) is 0 Å². The van der Waals surface area contributed by atoms with E-state index in [9.17, 15) is 5.26 Å². The van der Waals surface area contributed by atoms with Crippen molar-refractivity contribution in [2.45, 2.75) is 24.8 Å². The van der Waals surface area contributed by atoms with Crippen molar-refractivity contribution in [1.29, 1.82) is 5.26 Å². The minimum atomic E-state index is -0.220. The van der Waals surface area contributed by atoms with Crippen molar-refractivity contribution in [2.24, 2.45) is 0 Å². The lowest BCUT2D eigenvalue weighted by Crippen LogP contribution is -2.24. The summed E-state index contributed by atoms with van der Waals surface area (Å²) in [6.07, 6.45) is 2.51. The lowest BCUT2D eigenvalue weighted by Gasteiger charge is -2.15. The van der Waals surface area contributed by atoms with E-state index >= 15 is 0 Å². The predicted molar refractivity (Wildman–Crippen MR) is 66.6 cm³/mol. The van der Waals surface area contributed by atoms with Crippen LogP contribution < -0.4 is 5.32 Å². The van der Waals surface area contributed by atoms with Crippen molar-refractivity contribution < 1.29 is 4.74 Å². The number of hydrogen-bond acceptors (Lipinski definition) is 3. The highest BCUT2D eigenvalue weighted by Gasteiger charge is 2.27. The molecule has 0 radical (unpaired) electrons. The molecule has 0 aromatic heterocycles. The summed E-state index contributed by atoms with van der Waals surface area (Å²) < 4.78 is 4.99. The second kappa shape index (κ2) is 5.81. The molecule has 0 aliphatic heterocycles. The van der Waals surface area contributed by atoms with Gasteiger partial charge in [-0.15, -0.1) is 0 Å². The van der Waals surface area contributed by atoms with E-state index in [4.69, 9.17) is 4.74 Å². The molecule has 1 atom stereocenters. The van der Waals surface area contributed by atoms with Gasteiger partial charge in [0.1, 0.15) is 6.04 Å². The molecule has 1 N–H and O–H groups in total. The van der Waals surface area contributed by atoms with Gasteiger partial charge in [-0.2, -0.15) is 5.26 Å². The molecule has 2 rings (SSSR count). The van der Waals surface area contributed by atoms with Crippen molar-refractivity contribution in [1.82, 2.24) is 5.32 Å². The smallest absolute Gasteiger partial charge is 0.121 e. The van der Waals surface area contributed by atoms with Crippen LogP contribution in [0.25, 0.3) is 0 Å². The second-order valence-electron chi connectivity index (χ2n) is 4.41. The Bertz CT molecular complexity index is 407. The Morgan fingerprint density at radius 3 is 2.88 bits per heavy atom. The third kappa shape index (κ3) is 3.06. The van der Waals surface area contributed by atoms with Crippen molar-refractivity contribution in [3.63, 3.8) is 0 Å². The summed E-state index contributed by atoms with van der Waals surface area (Å²) >= 11 is 0. The molecule has 0 spiro atoms. The first-order valence-electron chi connectivity index (χ1n) is 6.07. The molecule has 1 unspecified atom stereocenters. The molecule has 0 amide bonds. The summed E-state index contributed by atoms with van der Waals surface area (Å²) in [4.78, 5) is 0. The van der Waals surface area contributed by atoms with Gasteiger partial charge in [-0.3, -0.25) is 5.32 Å². The summed E-state index contributed by atoms with van der Waals surface area (Å²) in [5.74, 6) is 0.672. The standard InChI is InChI=1S/C14H18N2O/c1-17-9-8-16-14(10-15)13-5-3-2-4-12(13)11-6-7-11/h2-5,11,14,16H,6-9H2,1H3. The third-order valence-corrected chi connectivity index (χ3v) is 3.11. The number of rotatable bonds is 6. The summed E-state index contributed by atoms with van der Waals surface area (Å²) in [7, 11) is 1.67.